The Morgan fingerprint density at radius 3 is 2.56 bits per heavy atom. The third-order valence-corrected chi connectivity index (χ3v) is 8.93. The van der Waals surface area contributed by atoms with E-state index in [9.17, 15) is 9.59 Å². The second kappa shape index (κ2) is 12.8. The highest BCUT2D eigenvalue weighted by Gasteiger charge is 2.27. The van der Waals surface area contributed by atoms with Crippen molar-refractivity contribution in [2.75, 3.05) is 23.7 Å². The van der Waals surface area contributed by atoms with E-state index in [2.05, 4.69) is 47.5 Å². The number of hydrogen-bond donors (Lipinski definition) is 4. The number of anilines is 2. The van der Waals surface area contributed by atoms with Crippen LogP contribution in [0.3, 0.4) is 0 Å². The number of carbonyl (C=O) groups excluding carboxylic acids is 2. The molecule has 4 heterocycles. The molecule has 0 radical (unpaired) electrons. The SMILES string of the molecule is Cc1ccc(-n2nc(C(C)(C)C)cc2NC(=O)Nc2cccc(CC3CCN(C(=O)NC4=CC=CN5SNC=C45)CC3)c2)cc1. The van der Waals surface area contributed by atoms with Crippen LogP contribution < -0.4 is 20.7 Å². The molecular formula is C34H40N8O2S. The standard InChI is InChI=1S/C34H40N8O2S/c1-23-10-12-27(13-11-23)42-31(21-30(39-42)34(2,3)4)38-32(43)36-26-8-5-7-25(20-26)19-24-14-17-40(18-15-24)33(44)37-28-9-6-16-41-29(28)22-35-45-41/h5-13,16,20-22,24,35H,14-15,17-19H2,1-4H3,(H,37,44)(H2,36,38,43). The quantitative estimate of drug-likeness (QED) is 0.225. The first-order valence-corrected chi connectivity index (χ1v) is 16.1. The predicted octanol–water partition coefficient (Wildman–Crippen LogP) is 6.81. The minimum atomic E-state index is -0.324. The van der Waals surface area contributed by atoms with Gasteiger partial charge in [0.05, 0.1) is 34.9 Å². The molecule has 45 heavy (non-hydrogen) atoms. The molecule has 3 aliphatic rings. The number of benzene rings is 2. The van der Waals surface area contributed by atoms with E-state index in [4.69, 9.17) is 5.10 Å². The normalized spacial score (nSPS) is 16.4. The lowest BCUT2D eigenvalue weighted by Gasteiger charge is -2.33. The summed E-state index contributed by atoms with van der Waals surface area (Å²) in [7, 11) is 0. The highest BCUT2D eigenvalue weighted by atomic mass is 32.2. The van der Waals surface area contributed by atoms with Crippen LogP contribution in [0.2, 0.25) is 0 Å². The summed E-state index contributed by atoms with van der Waals surface area (Å²) in [6.45, 7) is 9.78. The van der Waals surface area contributed by atoms with E-state index in [1.807, 2.05) is 89.2 Å². The van der Waals surface area contributed by atoms with Crippen LogP contribution in [0.25, 0.3) is 5.69 Å². The van der Waals surface area contributed by atoms with E-state index in [1.165, 1.54) is 12.1 Å². The summed E-state index contributed by atoms with van der Waals surface area (Å²) in [6, 6.07) is 17.6. The zero-order valence-electron chi connectivity index (χ0n) is 26.1. The number of hydrogen-bond acceptors (Lipinski definition) is 6. The first-order valence-electron chi connectivity index (χ1n) is 15.3. The molecule has 0 atom stereocenters. The lowest BCUT2D eigenvalue weighted by atomic mass is 9.90. The number of allylic oxidation sites excluding steroid dienone is 2. The van der Waals surface area contributed by atoms with Crippen LogP contribution in [0, 0.1) is 12.8 Å². The second-order valence-corrected chi connectivity index (χ2v) is 13.6. The van der Waals surface area contributed by atoms with Crippen LogP contribution in [0.5, 0.6) is 0 Å². The van der Waals surface area contributed by atoms with Crippen molar-refractivity contribution in [3.8, 4) is 5.69 Å². The van der Waals surface area contributed by atoms with Gasteiger partial charge in [-0.25, -0.2) is 14.3 Å². The monoisotopic (exact) mass is 624 g/mol. The third kappa shape index (κ3) is 7.20. The van der Waals surface area contributed by atoms with Gasteiger partial charge in [-0.05, 0) is 74.1 Å². The largest absolute Gasteiger partial charge is 0.325 e. The van der Waals surface area contributed by atoms with Crippen LogP contribution >= 0.6 is 12.1 Å². The number of piperidine rings is 1. The maximum absolute atomic E-state index is 13.2. The van der Waals surface area contributed by atoms with E-state index in [0.29, 0.717) is 24.8 Å². The fraction of sp³-hybridized carbons (Fsp3) is 0.324. The Kier molecular flexibility index (Phi) is 8.62. The number of fused-ring (bicyclic) bond motifs is 1. The molecule has 6 rings (SSSR count). The Hall–Kier alpha value is -4.64. The first-order chi connectivity index (χ1) is 21.6. The zero-order valence-corrected chi connectivity index (χ0v) is 26.9. The average Bonchev–Trinajstić information content (AvgIpc) is 3.66. The van der Waals surface area contributed by atoms with Crippen LogP contribution in [0.1, 0.15) is 50.4 Å². The van der Waals surface area contributed by atoms with Crippen molar-refractivity contribution in [3.05, 3.63) is 107 Å². The number of carbonyl (C=O) groups is 2. The van der Waals surface area contributed by atoms with Gasteiger partial charge in [0.1, 0.15) is 5.82 Å². The van der Waals surface area contributed by atoms with Gasteiger partial charge >= 0.3 is 12.1 Å². The first kappa shape index (κ1) is 30.4. The van der Waals surface area contributed by atoms with Crippen molar-refractivity contribution in [1.82, 2.24) is 29.0 Å². The molecule has 4 amide bonds. The number of nitrogens with zero attached hydrogens (tertiary/aromatic N) is 4. The fourth-order valence-corrected chi connectivity index (χ4v) is 6.27. The Balaban J connectivity index is 1.03. The van der Waals surface area contributed by atoms with Crippen molar-refractivity contribution < 1.29 is 9.59 Å². The molecule has 3 aliphatic heterocycles. The van der Waals surface area contributed by atoms with Crippen molar-refractivity contribution in [2.24, 2.45) is 5.92 Å². The lowest BCUT2D eigenvalue weighted by molar-refractivity contribution is 0.173. The van der Waals surface area contributed by atoms with Crippen LogP contribution in [0.15, 0.2) is 90.5 Å². The molecule has 0 aliphatic carbocycles. The molecule has 234 valence electrons. The number of rotatable bonds is 6. The van der Waals surface area contributed by atoms with Gasteiger partial charge in [-0.15, -0.1) is 0 Å². The summed E-state index contributed by atoms with van der Waals surface area (Å²) in [5.41, 5.74) is 6.39. The molecule has 0 spiro atoms. The smallest absolute Gasteiger partial charge is 0.324 e. The highest BCUT2D eigenvalue weighted by Crippen LogP contribution is 2.30. The van der Waals surface area contributed by atoms with E-state index in [0.717, 1.165) is 58.9 Å². The molecule has 0 unspecified atom stereocenters. The predicted molar refractivity (Wildman–Crippen MR) is 180 cm³/mol. The summed E-state index contributed by atoms with van der Waals surface area (Å²) in [4.78, 5) is 28.0. The molecule has 10 nitrogen and oxygen atoms in total. The molecule has 11 heteroatoms. The summed E-state index contributed by atoms with van der Waals surface area (Å²) >= 11 is 1.47. The summed E-state index contributed by atoms with van der Waals surface area (Å²) < 4.78 is 6.87. The van der Waals surface area contributed by atoms with Gasteiger partial charge in [0.2, 0.25) is 0 Å². The van der Waals surface area contributed by atoms with Crippen LogP contribution in [-0.2, 0) is 11.8 Å². The van der Waals surface area contributed by atoms with Crippen molar-refractivity contribution in [2.45, 2.75) is 52.4 Å². The Morgan fingerprint density at radius 2 is 1.80 bits per heavy atom. The van der Waals surface area contributed by atoms with Gasteiger partial charge < -0.3 is 20.3 Å². The summed E-state index contributed by atoms with van der Waals surface area (Å²) in [5.74, 6) is 1.07. The van der Waals surface area contributed by atoms with E-state index in [-0.39, 0.29) is 17.5 Å². The summed E-state index contributed by atoms with van der Waals surface area (Å²) in [6.07, 6.45) is 10.4. The molecule has 4 N–H and O–H groups in total. The highest BCUT2D eigenvalue weighted by molar-refractivity contribution is 7.95. The number of urea groups is 2. The molecule has 1 aromatic heterocycles. The fourth-order valence-electron chi connectivity index (χ4n) is 5.61. The maximum Gasteiger partial charge on any atom is 0.324 e. The van der Waals surface area contributed by atoms with Crippen LogP contribution in [0.4, 0.5) is 21.1 Å². The minimum Gasteiger partial charge on any atom is -0.325 e. The number of amides is 4. The minimum absolute atomic E-state index is 0.0664. The molecule has 1 saturated heterocycles. The van der Waals surface area contributed by atoms with Crippen molar-refractivity contribution in [3.63, 3.8) is 0 Å². The van der Waals surface area contributed by atoms with Gasteiger partial charge in [-0.3, -0.25) is 9.62 Å². The van der Waals surface area contributed by atoms with Gasteiger partial charge in [-0.2, -0.15) is 5.10 Å². The van der Waals surface area contributed by atoms with Crippen molar-refractivity contribution >= 4 is 35.7 Å². The van der Waals surface area contributed by atoms with E-state index < -0.39 is 0 Å². The third-order valence-electron chi connectivity index (χ3n) is 8.19. The molecule has 3 aromatic rings. The lowest BCUT2D eigenvalue weighted by Crippen LogP contribution is -2.45. The number of aryl methyl sites for hydroxylation is 1. The molecule has 2 aromatic carbocycles. The molecule has 1 fully saturated rings. The Bertz CT molecular complexity index is 1660. The summed E-state index contributed by atoms with van der Waals surface area (Å²) in [5, 5.41) is 13.9. The number of aromatic nitrogens is 2. The number of likely N-dealkylation sites (tertiary alicyclic amines) is 1. The second-order valence-electron chi connectivity index (χ2n) is 12.7. The van der Waals surface area contributed by atoms with Gasteiger partial charge in [0.15, 0.2) is 0 Å². The van der Waals surface area contributed by atoms with Gasteiger partial charge in [0, 0.05) is 42.7 Å². The zero-order chi connectivity index (χ0) is 31.6. The van der Waals surface area contributed by atoms with Crippen LogP contribution in [-0.4, -0.2) is 44.1 Å². The maximum atomic E-state index is 13.2. The number of nitrogens with one attached hydrogen (secondary N) is 4. The molecule has 0 saturated carbocycles. The van der Waals surface area contributed by atoms with Crippen molar-refractivity contribution in [1.29, 1.82) is 0 Å². The Labute approximate surface area is 268 Å². The topological polar surface area (TPSA) is 107 Å². The van der Waals surface area contributed by atoms with E-state index in [1.54, 1.807) is 4.68 Å². The Morgan fingerprint density at radius 1 is 1.02 bits per heavy atom. The van der Waals surface area contributed by atoms with Gasteiger partial charge in [-0.1, -0.05) is 50.6 Å². The molecular weight excluding hydrogens is 584 g/mol. The average molecular weight is 625 g/mol. The van der Waals surface area contributed by atoms with Gasteiger partial charge in [0.25, 0.3) is 0 Å². The molecule has 0 bridgehead atoms. The van der Waals surface area contributed by atoms with E-state index >= 15 is 0 Å².